The molecule has 0 bridgehead atoms. The average Bonchev–Trinajstić information content (AvgIpc) is 3.57. The molecule has 4 aromatic rings. The molecule has 0 aliphatic carbocycles. The second-order valence-electron chi connectivity index (χ2n) is 11.0. The number of benzene rings is 3. The molecule has 3 aromatic carbocycles. The van der Waals surface area contributed by atoms with Crippen molar-refractivity contribution in [2.75, 3.05) is 57.7 Å². The Hall–Kier alpha value is -4.73. The molecule has 0 radical (unpaired) electrons. The number of hydrogen-bond donors (Lipinski definition) is 2. The summed E-state index contributed by atoms with van der Waals surface area (Å²) in [4.78, 5) is 19.5. The maximum absolute atomic E-state index is 13.6. The molecule has 47 heavy (non-hydrogen) atoms. The zero-order chi connectivity index (χ0) is 33.2. The number of pyridine rings is 1. The van der Waals surface area contributed by atoms with Gasteiger partial charge in [-0.25, -0.2) is 4.39 Å². The van der Waals surface area contributed by atoms with Crippen molar-refractivity contribution in [1.29, 1.82) is 5.26 Å². The highest BCUT2D eigenvalue weighted by Crippen LogP contribution is 2.38. The lowest BCUT2D eigenvalue weighted by Crippen LogP contribution is -2.23. The minimum absolute atomic E-state index is 0.142. The van der Waals surface area contributed by atoms with Crippen molar-refractivity contribution in [3.63, 3.8) is 0 Å². The Bertz CT molecular complexity index is 1790. The van der Waals surface area contributed by atoms with Gasteiger partial charge in [-0.1, -0.05) is 29.8 Å². The molecule has 2 heterocycles. The molecule has 0 unspecified atom stereocenters. The normalized spacial score (nSPS) is 14.4. The van der Waals surface area contributed by atoms with Gasteiger partial charge in [-0.3, -0.25) is 9.78 Å². The predicted molar refractivity (Wildman–Crippen MR) is 179 cm³/mol. The SMILES string of the molecule is COCCN(C)CC=CC(=O)Nc1cc2c(Nc3ccc(OCc4cccc(F)c4)c(Cl)c3)c(C#N)cnc2cc1O[C@H]1CCOC1. The number of fused-ring (bicyclic) bond motifs is 1. The fourth-order valence-corrected chi connectivity index (χ4v) is 5.14. The van der Waals surface area contributed by atoms with Gasteiger partial charge >= 0.3 is 0 Å². The Morgan fingerprint density at radius 3 is 2.85 bits per heavy atom. The van der Waals surface area contributed by atoms with Crippen molar-refractivity contribution in [2.45, 2.75) is 19.1 Å². The number of aromatic nitrogens is 1. The van der Waals surface area contributed by atoms with E-state index in [1.807, 2.05) is 11.9 Å². The molecule has 1 atom stereocenters. The first-order valence-corrected chi connectivity index (χ1v) is 15.4. The molecular weight excluding hydrogens is 625 g/mol. The van der Waals surface area contributed by atoms with Gasteiger partial charge < -0.3 is 34.5 Å². The van der Waals surface area contributed by atoms with Gasteiger partial charge in [0.25, 0.3) is 0 Å². The zero-order valence-corrected chi connectivity index (χ0v) is 26.9. The third-order valence-electron chi connectivity index (χ3n) is 7.38. The molecule has 1 aromatic heterocycles. The lowest BCUT2D eigenvalue weighted by atomic mass is 10.1. The second kappa shape index (κ2) is 16.2. The van der Waals surface area contributed by atoms with E-state index in [1.54, 1.807) is 55.7 Å². The summed E-state index contributed by atoms with van der Waals surface area (Å²) in [5.74, 6) is 0.179. The number of rotatable bonds is 14. The molecule has 1 aliphatic rings. The van der Waals surface area contributed by atoms with E-state index in [1.165, 1.54) is 24.4 Å². The van der Waals surface area contributed by atoms with Gasteiger partial charge in [-0.2, -0.15) is 5.26 Å². The number of nitriles is 1. The lowest BCUT2D eigenvalue weighted by Gasteiger charge is -2.19. The molecule has 1 fully saturated rings. The number of likely N-dealkylation sites (N-methyl/N-ethyl adjacent to an activating group) is 1. The van der Waals surface area contributed by atoms with E-state index in [0.29, 0.717) is 76.4 Å². The lowest BCUT2D eigenvalue weighted by molar-refractivity contribution is -0.111. The summed E-state index contributed by atoms with van der Waals surface area (Å²) in [6.07, 6.45) is 5.27. The van der Waals surface area contributed by atoms with Crippen LogP contribution in [0.15, 0.2) is 72.9 Å². The van der Waals surface area contributed by atoms with Crippen LogP contribution in [0.1, 0.15) is 17.5 Å². The van der Waals surface area contributed by atoms with Crippen molar-refractivity contribution in [3.8, 4) is 17.6 Å². The molecule has 244 valence electrons. The molecule has 5 rings (SSSR count). The maximum atomic E-state index is 13.6. The summed E-state index contributed by atoms with van der Waals surface area (Å²) in [6, 6.07) is 16.9. The second-order valence-corrected chi connectivity index (χ2v) is 11.4. The Balaban J connectivity index is 1.41. The summed E-state index contributed by atoms with van der Waals surface area (Å²) in [5.41, 5.74) is 2.99. The average molecular weight is 660 g/mol. The van der Waals surface area contributed by atoms with Crippen molar-refractivity contribution >= 4 is 45.5 Å². The Morgan fingerprint density at radius 1 is 1.23 bits per heavy atom. The van der Waals surface area contributed by atoms with Crippen LogP contribution in [-0.2, 0) is 20.9 Å². The molecule has 1 amide bonds. The minimum Gasteiger partial charge on any atom is -0.487 e. The highest BCUT2D eigenvalue weighted by molar-refractivity contribution is 6.32. The fourth-order valence-electron chi connectivity index (χ4n) is 4.90. The van der Waals surface area contributed by atoms with Crippen LogP contribution in [0.25, 0.3) is 10.9 Å². The van der Waals surface area contributed by atoms with Gasteiger partial charge in [-0.05, 0) is 49.0 Å². The van der Waals surface area contributed by atoms with Crippen LogP contribution in [0, 0.1) is 17.1 Å². The largest absolute Gasteiger partial charge is 0.487 e. The molecule has 0 spiro atoms. The van der Waals surface area contributed by atoms with Gasteiger partial charge in [0.2, 0.25) is 5.91 Å². The van der Waals surface area contributed by atoms with Crippen LogP contribution in [0.5, 0.6) is 11.5 Å². The molecule has 1 aliphatic heterocycles. The molecule has 1 saturated heterocycles. The van der Waals surface area contributed by atoms with Gasteiger partial charge in [-0.15, -0.1) is 0 Å². The third-order valence-corrected chi connectivity index (χ3v) is 7.67. The monoisotopic (exact) mass is 659 g/mol. The van der Waals surface area contributed by atoms with E-state index in [4.69, 9.17) is 30.5 Å². The number of carbonyl (C=O) groups excluding carboxylic acids is 1. The number of anilines is 3. The first-order valence-electron chi connectivity index (χ1n) is 15.0. The van der Waals surface area contributed by atoms with Crippen LogP contribution in [0.4, 0.5) is 21.5 Å². The summed E-state index contributed by atoms with van der Waals surface area (Å²) >= 11 is 6.55. The number of carbonyl (C=O) groups is 1. The first-order chi connectivity index (χ1) is 22.8. The number of ether oxygens (including phenoxy) is 4. The number of nitrogens with one attached hydrogen (secondary N) is 2. The summed E-state index contributed by atoms with van der Waals surface area (Å²) in [7, 11) is 3.59. The van der Waals surface area contributed by atoms with Gasteiger partial charge in [0.05, 0.1) is 47.3 Å². The van der Waals surface area contributed by atoms with Crippen LogP contribution in [0.3, 0.4) is 0 Å². The van der Waals surface area contributed by atoms with Gasteiger partial charge in [0.15, 0.2) is 0 Å². The topological polar surface area (TPSA) is 118 Å². The van der Waals surface area contributed by atoms with Crippen molar-refractivity contribution in [3.05, 3.63) is 94.9 Å². The van der Waals surface area contributed by atoms with E-state index in [2.05, 4.69) is 21.7 Å². The number of hydrogen-bond acceptors (Lipinski definition) is 9. The third kappa shape index (κ3) is 9.18. The van der Waals surface area contributed by atoms with E-state index in [-0.39, 0.29) is 30.0 Å². The Labute approximate surface area is 277 Å². The maximum Gasteiger partial charge on any atom is 0.248 e. The zero-order valence-electron chi connectivity index (χ0n) is 26.1. The van der Waals surface area contributed by atoms with E-state index >= 15 is 0 Å². The molecule has 10 nitrogen and oxygen atoms in total. The number of halogens is 2. The molecule has 2 N–H and O–H groups in total. The number of methoxy groups -OCH3 is 1. The van der Waals surface area contributed by atoms with E-state index in [0.717, 1.165) is 13.0 Å². The first kappa shape index (κ1) is 33.6. The number of amides is 1. The van der Waals surface area contributed by atoms with Gasteiger partial charge in [0.1, 0.15) is 36.1 Å². The Morgan fingerprint density at radius 2 is 2.11 bits per heavy atom. The minimum atomic E-state index is -0.346. The van der Waals surface area contributed by atoms with Crippen LogP contribution in [-0.4, -0.2) is 69.0 Å². The van der Waals surface area contributed by atoms with Gasteiger partial charge in [0, 0.05) is 56.0 Å². The van der Waals surface area contributed by atoms with Crippen LogP contribution < -0.4 is 20.1 Å². The molecular formula is C35H35ClFN5O5. The van der Waals surface area contributed by atoms with Crippen molar-refractivity contribution < 1.29 is 28.1 Å². The summed E-state index contributed by atoms with van der Waals surface area (Å²) in [5, 5.41) is 17.1. The summed E-state index contributed by atoms with van der Waals surface area (Å²) in [6.45, 7) is 3.06. The molecule has 12 heteroatoms. The van der Waals surface area contributed by atoms with E-state index in [9.17, 15) is 14.4 Å². The Kier molecular flexibility index (Phi) is 11.6. The van der Waals surface area contributed by atoms with Crippen molar-refractivity contribution in [2.24, 2.45) is 0 Å². The van der Waals surface area contributed by atoms with Crippen LogP contribution in [0.2, 0.25) is 5.02 Å². The van der Waals surface area contributed by atoms with Crippen molar-refractivity contribution in [1.82, 2.24) is 9.88 Å². The highest BCUT2D eigenvalue weighted by atomic mass is 35.5. The summed E-state index contributed by atoms with van der Waals surface area (Å²) < 4.78 is 36.2. The van der Waals surface area contributed by atoms with Crippen LogP contribution >= 0.6 is 11.6 Å². The highest BCUT2D eigenvalue weighted by Gasteiger charge is 2.21. The quantitative estimate of drug-likeness (QED) is 0.147. The van der Waals surface area contributed by atoms with E-state index < -0.39 is 0 Å². The predicted octanol–water partition coefficient (Wildman–Crippen LogP) is 6.46. The fraction of sp³-hybridized carbons (Fsp3) is 0.286. The standard InChI is InChI=1S/C35H35ClFN5O5/c1-42(12-14-44-2)11-4-7-34(43)41-31-17-28-30(18-33(31)47-27-10-13-45-22-27)39-20-24(19-38)35(28)40-26-8-9-32(29(36)16-26)46-21-23-5-3-6-25(37)15-23/h3-9,15-18,20,27H,10-14,21-22H2,1-2H3,(H,39,40)(H,41,43)/t27-/m0/s1. The molecule has 0 saturated carbocycles. The number of nitrogens with zero attached hydrogens (tertiary/aromatic N) is 3. The smallest absolute Gasteiger partial charge is 0.248 e.